The zero-order chi connectivity index (χ0) is 21.1. The number of ether oxygens (including phenoxy) is 1. The first-order chi connectivity index (χ1) is 14.6. The number of Topliss-reactive ketones (excluding diaryl/α,β-unsaturated/α-hetero) is 2. The quantitative estimate of drug-likeness (QED) is 0.483. The number of benzene rings is 2. The van der Waals surface area contributed by atoms with Crippen molar-refractivity contribution in [1.29, 1.82) is 0 Å². The summed E-state index contributed by atoms with van der Waals surface area (Å²) in [6.07, 6.45) is 5.58. The lowest BCUT2D eigenvalue weighted by atomic mass is 9.72. The monoisotopic (exact) mass is 422 g/mol. The van der Waals surface area contributed by atoms with E-state index in [2.05, 4.69) is 19.1 Å². The fourth-order valence-corrected chi connectivity index (χ4v) is 4.78. The summed E-state index contributed by atoms with van der Waals surface area (Å²) in [7, 11) is 0. The molecular weight excluding hydrogens is 396 g/mol. The van der Waals surface area contributed by atoms with Crippen LogP contribution in [0.5, 0.6) is 0 Å². The number of carbonyl (C=O) groups is 2. The average molecular weight is 423 g/mol. The maximum absolute atomic E-state index is 13.4. The lowest BCUT2D eigenvalue weighted by molar-refractivity contribution is 0.0852. The molecule has 2 aromatic carbocycles. The van der Waals surface area contributed by atoms with Gasteiger partial charge in [0.2, 0.25) is 5.78 Å². The summed E-state index contributed by atoms with van der Waals surface area (Å²) in [4.78, 5) is 26.6. The van der Waals surface area contributed by atoms with Crippen LogP contribution in [-0.2, 0) is 4.74 Å². The molecule has 0 amide bonds. The van der Waals surface area contributed by atoms with Gasteiger partial charge in [-0.25, -0.2) is 0 Å². The van der Waals surface area contributed by atoms with E-state index in [1.165, 1.54) is 5.56 Å². The highest BCUT2D eigenvalue weighted by Crippen LogP contribution is 2.42. The third-order valence-electron chi connectivity index (χ3n) is 6.33. The van der Waals surface area contributed by atoms with Crippen LogP contribution in [-0.4, -0.2) is 18.2 Å². The van der Waals surface area contributed by atoms with Crippen LogP contribution in [0.1, 0.15) is 77.6 Å². The van der Waals surface area contributed by atoms with Crippen molar-refractivity contribution in [1.82, 2.24) is 0 Å². The van der Waals surface area contributed by atoms with Gasteiger partial charge in [-0.2, -0.15) is 0 Å². The van der Waals surface area contributed by atoms with E-state index in [1.807, 2.05) is 18.2 Å². The molecule has 0 aromatic heterocycles. The van der Waals surface area contributed by atoms with Gasteiger partial charge in [-0.05, 0) is 61.6 Å². The molecule has 0 N–H and O–H groups in total. The van der Waals surface area contributed by atoms with Crippen LogP contribution in [0.3, 0.4) is 0 Å². The van der Waals surface area contributed by atoms with E-state index in [1.54, 1.807) is 18.2 Å². The Morgan fingerprint density at radius 3 is 2.10 bits per heavy atom. The van der Waals surface area contributed by atoms with Crippen molar-refractivity contribution in [3.05, 3.63) is 81.6 Å². The fraction of sp³-hybridized carbons (Fsp3) is 0.385. The standard InChI is InChI=1S/C26H27ClO3/c1-2-3-16-30-26-23(24(28)21-6-4-5-7-22(21)25(26)29)19-10-8-17(9-11-19)18-12-14-20(27)15-13-18/h4-7,12-15,17,19H,2-3,8-11,16H2,1H3. The van der Waals surface area contributed by atoms with Gasteiger partial charge in [0.05, 0.1) is 6.61 Å². The molecule has 1 fully saturated rings. The van der Waals surface area contributed by atoms with Crippen LogP contribution in [0.4, 0.5) is 0 Å². The second kappa shape index (κ2) is 9.18. The largest absolute Gasteiger partial charge is 0.489 e. The third kappa shape index (κ3) is 4.09. The Balaban J connectivity index is 1.59. The van der Waals surface area contributed by atoms with Crippen LogP contribution < -0.4 is 0 Å². The first-order valence-corrected chi connectivity index (χ1v) is 11.3. The van der Waals surface area contributed by atoms with Crippen molar-refractivity contribution in [2.24, 2.45) is 5.92 Å². The summed E-state index contributed by atoms with van der Waals surface area (Å²) < 4.78 is 5.95. The molecule has 0 heterocycles. The number of carbonyl (C=O) groups excluding carboxylic acids is 2. The maximum atomic E-state index is 13.4. The number of hydrogen-bond donors (Lipinski definition) is 0. The number of fused-ring (bicyclic) bond motifs is 1. The number of halogens is 1. The highest BCUT2D eigenvalue weighted by molar-refractivity contribution is 6.30. The Labute approximate surface area is 183 Å². The smallest absolute Gasteiger partial charge is 0.228 e. The van der Waals surface area contributed by atoms with Crippen molar-refractivity contribution in [2.75, 3.05) is 6.61 Å². The number of unbranched alkanes of at least 4 members (excludes halogenated alkanes) is 1. The molecule has 1 saturated carbocycles. The van der Waals surface area contributed by atoms with Gasteiger partial charge in [0.15, 0.2) is 11.5 Å². The van der Waals surface area contributed by atoms with E-state index in [4.69, 9.17) is 16.3 Å². The molecule has 0 saturated heterocycles. The zero-order valence-electron chi connectivity index (χ0n) is 17.3. The predicted molar refractivity (Wildman–Crippen MR) is 119 cm³/mol. The molecule has 0 radical (unpaired) electrons. The van der Waals surface area contributed by atoms with Crippen LogP contribution in [0.15, 0.2) is 59.9 Å². The highest BCUT2D eigenvalue weighted by Gasteiger charge is 2.38. The molecule has 3 nitrogen and oxygen atoms in total. The summed E-state index contributed by atoms with van der Waals surface area (Å²) in [6.45, 7) is 2.55. The van der Waals surface area contributed by atoms with E-state index in [0.29, 0.717) is 35.0 Å². The maximum Gasteiger partial charge on any atom is 0.228 e. The lowest BCUT2D eigenvalue weighted by Gasteiger charge is -2.32. The van der Waals surface area contributed by atoms with Gasteiger partial charge >= 0.3 is 0 Å². The predicted octanol–water partition coefficient (Wildman–Crippen LogP) is 6.76. The minimum Gasteiger partial charge on any atom is -0.489 e. The zero-order valence-corrected chi connectivity index (χ0v) is 18.1. The average Bonchev–Trinajstić information content (AvgIpc) is 2.78. The summed E-state index contributed by atoms with van der Waals surface area (Å²) in [6, 6.07) is 15.2. The van der Waals surface area contributed by atoms with E-state index in [-0.39, 0.29) is 17.5 Å². The first kappa shape index (κ1) is 20.9. The number of hydrogen-bond acceptors (Lipinski definition) is 3. The Kier molecular flexibility index (Phi) is 6.38. The van der Waals surface area contributed by atoms with Crippen LogP contribution >= 0.6 is 11.6 Å². The van der Waals surface area contributed by atoms with E-state index in [9.17, 15) is 9.59 Å². The molecule has 0 unspecified atom stereocenters. The summed E-state index contributed by atoms with van der Waals surface area (Å²) in [5, 5.41) is 0.747. The van der Waals surface area contributed by atoms with Crippen LogP contribution in [0.25, 0.3) is 0 Å². The molecule has 2 aliphatic rings. The summed E-state index contributed by atoms with van der Waals surface area (Å²) in [5.41, 5.74) is 2.87. The minimum absolute atomic E-state index is 0.0355. The van der Waals surface area contributed by atoms with Crippen molar-refractivity contribution in [3.63, 3.8) is 0 Å². The normalized spacial score (nSPS) is 21.5. The molecule has 0 atom stereocenters. The van der Waals surface area contributed by atoms with Crippen molar-refractivity contribution in [2.45, 2.75) is 51.4 Å². The van der Waals surface area contributed by atoms with E-state index in [0.717, 1.165) is 43.5 Å². The molecule has 0 spiro atoms. The molecule has 0 bridgehead atoms. The second-order valence-electron chi connectivity index (χ2n) is 8.25. The second-order valence-corrected chi connectivity index (χ2v) is 8.69. The van der Waals surface area contributed by atoms with Crippen molar-refractivity contribution < 1.29 is 14.3 Å². The van der Waals surface area contributed by atoms with Gasteiger partial charge in [0, 0.05) is 21.7 Å². The molecule has 0 aliphatic heterocycles. The molecule has 156 valence electrons. The van der Waals surface area contributed by atoms with E-state index >= 15 is 0 Å². The highest BCUT2D eigenvalue weighted by atomic mass is 35.5. The molecular formula is C26H27ClO3. The lowest BCUT2D eigenvalue weighted by Crippen LogP contribution is -2.29. The molecule has 2 aromatic rings. The Bertz CT molecular complexity index is 966. The number of ketones is 2. The van der Waals surface area contributed by atoms with Gasteiger partial charge in [-0.1, -0.05) is 61.3 Å². The topological polar surface area (TPSA) is 43.4 Å². The Morgan fingerprint density at radius 1 is 0.867 bits per heavy atom. The third-order valence-corrected chi connectivity index (χ3v) is 6.58. The van der Waals surface area contributed by atoms with Crippen LogP contribution in [0.2, 0.25) is 5.02 Å². The number of rotatable bonds is 6. The fourth-order valence-electron chi connectivity index (χ4n) is 4.65. The van der Waals surface area contributed by atoms with Gasteiger partial charge in [0.1, 0.15) is 0 Å². The Morgan fingerprint density at radius 2 is 1.47 bits per heavy atom. The summed E-state index contributed by atoms with van der Waals surface area (Å²) in [5.74, 6) is 0.644. The van der Waals surface area contributed by atoms with Gasteiger partial charge in [-0.3, -0.25) is 9.59 Å². The van der Waals surface area contributed by atoms with E-state index < -0.39 is 0 Å². The minimum atomic E-state index is -0.142. The van der Waals surface area contributed by atoms with Gasteiger partial charge < -0.3 is 4.74 Å². The van der Waals surface area contributed by atoms with Gasteiger partial charge in [-0.15, -0.1) is 0 Å². The molecule has 2 aliphatic carbocycles. The molecule has 30 heavy (non-hydrogen) atoms. The SMILES string of the molecule is CCCCOC1=C(C2CCC(c3ccc(Cl)cc3)CC2)C(=O)c2ccccc2C1=O. The molecule has 4 rings (SSSR count). The van der Waals surface area contributed by atoms with Gasteiger partial charge in [0.25, 0.3) is 0 Å². The molecule has 4 heteroatoms. The van der Waals surface area contributed by atoms with Crippen molar-refractivity contribution >= 4 is 23.2 Å². The van der Waals surface area contributed by atoms with Crippen LogP contribution in [0, 0.1) is 5.92 Å². The number of allylic oxidation sites excluding steroid dienone is 2. The van der Waals surface area contributed by atoms with Crippen molar-refractivity contribution in [3.8, 4) is 0 Å². The summed E-state index contributed by atoms with van der Waals surface area (Å²) >= 11 is 6.03. The Hall–Kier alpha value is -2.39. The first-order valence-electron chi connectivity index (χ1n) is 10.9.